The molecule has 1 aromatic heterocycles. The van der Waals surface area contributed by atoms with Gasteiger partial charge in [0.2, 0.25) is 0 Å². The van der Waals surface area contributed by atoms with Gasteiger partial charge in [0.15, 0.2) is 0 Å². The third-order valence-electron chi connectivity index (χ3n) is 3.74. The lowest BCUT2D eigenvalue weighted by Gasteiger charge is -2.01. The van der Waals surface area contributed by atoms with Gasteiger partial charge in [0.25, 0.3) is 0 Å². The van der Waals surface area contributed by atoms with Crippen molar-refractivity contribution in [3.05, 3.63) is 23.7 Å². The molecule has 0 spiro atoms. The molecule has 0 bridgehead atoms. The molecule has 0 N–H and O–H groups in total. The molecule has 0 aliphatic heterocycles. The van der Waals surface area contributed by atoms with Crippen molar-refractivity contribution in [3.63, 3.8) is 0 Å². The Balaban J connectivity index is 1.92. The highest BCUT2D eigenvalue weighted by Gasteiger charge is 2.01. The molecule has 0 radical (unpaired) electrons. The molecule has 0 fully saturated rings. The summed E-state index contributed by atoms with van der Waals surface area (Å²) in [6.07, 6.45) is 15.9. The fraction of sp³-hybridized carbons (Fsp3) is 0.778. The van der Waals surface area contributed by atoms with Crippen LogP contribution in [0.15, 0.2) is 16.5 Å². The van der Waals surface area contributed by atoms with E-state index in [0.717, 1.165) is 18.6 Å². The maximum atomic E-state index is 5.80. The van der Waals surface area contributed by atoms with E-state index in [1.165, 1.54) is 70.0 Å². The van der Waals surface area contributed by atoms with Gasteiger partial charge in [0.1, 0.15) is 11.5 Å². The highest BCUT2D eigenvalue weighted by molar-refractivity contribution is 5.07. The second-order valence-electron chi connectivity index (χ2n) is 5.70. The minimum Gasteiger partial charge on any atom is -0.466 e. The average molecular weight is 264 g/mol. The number of furan rings is 1. The molecule has 1 aromatic rings. The first-order valence-corrected chi connectivity index (χ1v) is 8.44. The molecule has 110 valence electrons. The van der Waals surface area contributed by atoms with Crippen molar-refractivity contribution < 1.29 is 4.42 Å². The van der Waals surface area contributed by atoms with Crippen molar-refractivity contribution in [2.45, 2.75) is 90.9 Å². The maximum absolute atomic E-state index is 5.80. The van der Waals surface area contributed by atoms with E-state index in [4.69, 9.17) is 4.42 Å². The molecule has 0 atom stereocenters. The zero-order valence-electron chi connectivity index (χ0n) is 13.0. The van der Waals surface area contributed by atoms with Crippen LogP contribution in [-0.2, 0) is 12.8 Å². The molecule has 0 saturated heterocycles. The van der Waals surface area contributed by atoms with Crippen LogP contribution in [0.4, 0.5) is 0 Å². The summed E-state index contributed by atoms with van der Waals surface area (Å²) < 4.78 is 5.80. The van der Waals surface area contributed by atoms with Gasteiger partial charge in [0.05, 0.1) is 0 Å². The predicted molar refractivity (Wildman–Crippen MR) is 83.6 cm³/mol. The van der Waals surface area contributed by atoms with E-state index >= 15 is 0 Å². The molecule has 1 nitrogen and oxygen atoms in total. The van der Waals surface area contributed by atoms with E-state index in [2.05, 4.69) is 26.0 Å². The summed E-state index contributed by atoms with van der Waals surface area (Å²) in [4.78, 5) is 0. The third kappa shape index (κ3) is 8.13. The smallest absolute Gasteiger partial charge is 0.104 e. The van der Waals surface area contributed by atoms with Gasteiger partial charge in [-0.1, -0.05) is 65.2 Å². The van der Waals surface area contributed by atoms with E-state index < -0.39 is 0 Å². The molecule has 0 aliphatic carbocycles. The maximum Gasteiger partial charge on any atom is 0.104 e. The second kappa shape index (κ2) is 11.1. The summed E-state index contributed by atoms with van der Waals surface area (Å²) in [6, 6.07) is 4.31. The van der Waals surface area contributed by atoms with Crippen LogP contribution in [-0.4, -0.2) is 0 Å². The van der Waals surface area contributed by atoms with Crippen LogP contribution in [0.25, 0.3) is 0 Å². The van der Waals surface area contributed by atoms with Crippen molar-refractivity contribution in [2.75, 3.05) is 0 Å². The first-order chi connectivity index (χ1) is 9.36. The number of rotatable bonds is 12. The number of aryl methyl sites for hydroxylation is 2. The lowest BCUT2D eigenvalue weighted by atomic mass is 10.1. The number of unbranched alkanes of at least 4 members (excludes halogenated alkanes) is 8. The fourth-order valence-corrected chi connectivity index (χ4v) is 2.55. The standard InChI is InChI=1S/C18H32O/c1-3-5-6-7-8-9-10-11-12-14-18-16-15-17(19-18)13-4-2/h15-16H,3-14H2,1-2H3. The Bertz CT molecular complexity index is 300. The molecule has 1 rings (SSSR count). The normalized spacial score (nSPS) is 11.1. The van der Waals surface area contributed by atoms with Gasteiger partial charge in [-0.05, 0) is 25.0 Å². The Morgan fingerprint density at radius 3 is 1.74 bits per heavy atom. The quantitative estimate of drug-likeness (QED) is 0.403. The minimum absolute atomic E-state index is 1.08. The lowest BCUT2D eigenvalue weighted by Crippen LogP contribution is -1.85. The van der Waals surface area contributed by atoms with Gasteiger partial charge in [-0.2, -0.15) is 0 Å². The van der Waals surface area contributed by atoms with Crippen LogP contribution in [0.3, 0.4) is 0 Å². The Morgan fingerprint density at radius 2 is 1.16 bits per heavy atom. The molecular weight excluding hydrogens is 232 g/mol. The monoisotopic (exact) mass is 264 g/mol. The highest BCUT2D eigenvalue weighted by Crippen LogP contribution is 2.14. The molecule has 1 heteroatoms. The first kappa shape index (κ1) is 16.3. The molecule has 0 aromatic carbocycles. The van der Waals surface area contributed by atoms with Crippen LogP contribution in [0.2, 0.25) is 0 Å². The van der Waals surface area contributed by atoms with Gasteiger partial charge >= 0.3 is 0 Å². The zero-order chi connectivity index (χ0) is 13.8. The molecule has 0 aliphatic rings. The highest BCUT2D eigenvalue weighted by atomic mass is 16.3. The summed E-state index contributed by atoms with van der Waals surface area (Å²) >= 11 is 0. The Morgan fingerprint density at radius 1 is 0.632 bits per heavy atom. The summed E-state index contributed by atoms with van der Waals surface area (Å²) in [5.74, 6) is 2.35. The van der Waals surface area contributed by atoms with E-state index in [1.807, 2.05) is 0 Å². The average Bonchev–Trinajstić information content (AvgIpc) is 2.85. The van der Waals surface area contributed by atoms with Crippen molar-refractivity contribution in [1.82, 2.24) is 0 Å². The van der Waals surface area contributed by atoms with Crippen LogP contribution in [0, 0.1) is 0 Å². The molecular formula is C18H32O. The molecule has 0 unspecified atom stereocenters. The third-order valence-corrected chi connectivity index (χ3v) is 3.74. The van der Waals surface area contributed by atoms with Crippen LogP contribution in [0.1, 0.15) is 89.6 Å². The largest absolute Gasteiger partial charge is 0.466 e. The fourth-order valence-electron chi connectivity index (χ4n) is 2.55. The second-order valence-corrected chi connectivity index (χ2v) is 5.70. The van der Waals surface area contributed by atoms with Gasteiger partial charge in [-0.25, -0.2) is 0 Å². The number of hydrogen-bond acceptors (Lipinski definition) is 1. The van der Waals surface area contributed by atoms with Gasteiger partial charge < -0.3 is 4.42 Å². The SMILES string of the molecule is CCCCCCCCCCCc1ccc(CCC)o1. The van der Waals surface area contributed by atoms with Crippen molar-refractivity contribution in [2.24, 2.45) is 0 Å². The lowest BCUT2D eigenvalue weighted by molar-refractivity contribution is 0.452. The van der Waals surface area contributed by atoms with E-state index in [0.29, 0.717) is 0 Å². The summed E-state index contributed by atoms with van der Waals surface area (Å²) in [5, 5.41) is 0. The van der Waals surface area contributed by atoms with Gasteiger partial charge in [-0.3, -0.25) is 0 Å². The van der Waals surface area contributed by atoms with Crippen molar-refractivity contribution >= 4 is 0 Å². The minimum atomic E-state index is 1.08. The topological polar surface area (TPSA) is 13.1 Å². The first-order valence-electron chi connectivity index (χ1n) is 8.44. The van der Waals surface area contributed by atoms with Crippen LogP contribution in [0.5, 0.6) is 0 Å². The van der Waals surface area contributed by atoms with Crippen LogP contribution >= 0.6 is 0 Å². The Labute approximate surface area is 119 Å². The molecule has 1 heterocycles. The summed E-state index contributed by atoms with van der Waals surface area (Å²) in [6.45, 7) is 4.48. The number of hydrogen-bond donors (Lipinski definition) is 0. The van der Waals surface area contributed by atoms with Crippen molar-refractivity contribution in [1.29, 1.82) is 0 Å². The molecule has 0 saturated carbocycles. The zero-order valence-corrected chi connectivity index (χ0v) is 13.0. The van der Waals surface area contributed by atoms with E-state index in [1.54, 1.807) is 0 Å². The summed E-state index contributed by atoms with van der Waals surface area (Å²) in [5.41, 5.74) is 0. The molecule has 19 heavy (non-hydrogen) atoms. The van der Waals surface area contributed by atoms with Crippen LogP contribution < -0.4 is 0 Å². The Kier molecular flexibility index (Phi) is 9.57. The van der Waals surface area contributed by atoms with E-state index in [9.17, 15) is 0 Å². The predicted octanol–water partition coefficient (Wildman–Crippen LogP) is 6.31. The van der Waals surface area contributed by atoms with Crippen molar-refractivity contribution in [3.8, 4) is 0 Å². The van der Waals surface area contributed by atoms with E-state index in [-0.39, 0.29) is 0 Å². The molecule has 0 amide bonds. The van der Waals surface area contributed by atoms with Gasteiger partial charge in [-0.15, -0.1) is 0 Å². The van der Waals surface area contributed by atoms with Gasteiger partial charge in [0, 0.05) is 12.8 Å². The Hall–Kier alpha value is -0.720. The summed E-state index contributed by atoms with van der Waals surface area (Å²) in [7, 11) is 0.